The van der Waals surface area contributed by atoms with Crippen molar-refractivity contribution in [1.82, 2.24) is 10.2 Å². The number of benzene rings is 2. The van der Waals surface area contributed by atoms with Crippen LogP contribution in [0.4, 0.5) is 0 Å². The number of hydrogen-bond donors (Lipinski definition) is 1. The van der Waals surface area contributed by atoms with E-state index in [-0.39, 0.29) is 11.8 Å². The number of amides is 2. The summed E-state index contributed by atoms with van der Waals surface area (Å²) in [5.74, 6) is -0.175. The molecular formula is C21H25ClN2O2. The topological polar surface area (TPSA) is 49.4 Å². The van der Waals surface area contributed by atoms with Gasteiger partial charge in [-0.1, -0.05) is 61.0 Å². The van der Waals surface area contributed by atoms with Crippen LogP contribution < -0.4 is 5.32 Å². The zero-order chi connectivity index (χ0) is 18.9. The lowest BCUT2D eigenvalue weighted by Gasteiger charge is -2.28. The smallest absolute Gasteiger partial charge is 0.242 e. The highest BCUT2D eigenvalue weighted by atomic mass is 35.5. The van der Waals surface area contributed by atoms with Gasteiger partial charge >= 0.3 is 0 Å². The molecule has 0 saturated carbocycles. The third-order valence-electron chi connectivity index (χ3n) is 4.21. The van der Waals surface area contributed by atoms with E-state index in [1.54, 1.807) is 24.0 Å². The highest BCUT2D eigenvalue weighted by Crippen LogP contribution is 2.13. The Bertz CT molecular complexity index is 717. The van der Waals surface area contributed by atoms with Crippen LogP contribution in [0, 0.1) is 0 Å². The molecule has 2 amide bonds. The first kappa shape index (κ1) is 20.0. The van der Waals surface area contributed by atoms with Gasteiger partial charge in [0.1, 0.15) is 6.04 Å². The van der Waals surface area contributed by atoms with Crippen molar-refractivity contribution >= 4 is 23.4 Å². The van der Waals surface area contributed by atoms with E-state index in [0.29, 0.717) is 24.5 Å². The normalized spacial score (nSPS) is 11.7. The van der Waals surface area contributed by atoms with Crippen LogP contribution in [0.15, 0.2) is 54.6 Å². The summed E-state index contributed by atoms with van der Waals surface area (Å²) >= 11 is 5.88. The van der Waals surface area contributed by atoms with Gasteiger partial charge in [0.15, 0.2) is 0 Å². The molecule has 26 heavy (non-hydrogen) atoms. The Morgan fingerprint density at radius 3 is 2.31 bits per heavy atom. The highest BCUT2D eigenvalue weighted by molar-refractivity contribution is 6.30. The summed E-state index contributed by atoms with van der Waals surface area (Å²) in [7, 11) is 0. The number of carbonyl (C=O) groups is 2. The molecule has 0 aromatic heterocycles. The predicted octanol–water partition coefficient (Wildman–Crippen LogP) is 4.17. The summed E-state index contributed by atoms with van der Waals surface area (Å²) in [6.07, 6.45) is 1.19. The number of rotatable bonds is 8. The first-order valence-electron chi connectivity index (χ1n) is 8.86. The van der Waals surface area contributed by atoms with Crippen LogP contribution in [0.2, 0.25) is 5.02 Å². The van der Waals surface area contributed by atoms with E-state index < -0.39 is 6.04 Å². The first-order chi connectivity index (χ1) is 12.5. The summed E-state index contributed by atoms with van der Waals surface area (Å²) < 4.78 is 0. The minimum absolute atomic E-state index is 0.00880. The molecule has 0 heterocycles. The van der Waals surface area contributed by atoms with Gasteiger partial charge < -0.3 is 10.2 Å². The monoisotopic (exact) mass is 372 g/mol. The van der Waals surface area contributed by atoms with E-state index in [2.05, 4.69) is 5.32 Å². The first-order valence-corrected chi connectivity index (χ1v) is 9.24. The molecule has 4 nitrogen and oxygen atoms in total. The molecule has 2 aromatic carbocycles. The van der Waals surface area contributed by atoms with Crippen LogP contribution >= 0.6 is 11.6 Å². The fourth-order valence-electron chi connectivity index (χ4n) is 2.66. The van der Waals surface area contributed by atoms with Crippen LogP contribution in [0.3, 0.4) is 0 Å². The molecule has 5 heteroatoms. The molecule has 1 atom stereocenters. The molecule has 0 unspecified atom stereocenters. The molecule has 2 aromatic rings. The lowest BCUT2D eigenvalue weighted by atomic mass is 10.1. The van der Waals surface area contributed by atoms with Crippen molar-refractivity contribution in [3.63, 3.8) is 0 Å². The van der Waals surface area contributed by atoms with Gasteiger partial charge in [0.05, 0.1) is 0 Å². The van der Waals surface area contributed by atoms with Crippen molar-refractivity contribution in [2.24, 2.45) is 0 Å². The molecule has 0 aliphatic rings. The van der Waals surface area contributed by atoms with Crippen LogP contribution in [0.25, 0.3) is 0 Å². The molecule has 1 N–H and O–H groups in total. The van der Waals surface area contributed by atoms with Gasteiger partial charge in [-0.15, -0.1) is 0 Å². The zero-order valence-electron chi connectivity index (χ0n) is 15.2. The van der Waals surface area contributed by atoms with Gasteiger partial charge in [-0.3, -0.25) is 9.59 Å². The molecule has 2 rings (SSSR count). The lowest BCUT2D eigenvalue weighted by Crippen LogP contribution is -2.47. The molecule has 0 fully saturated rings. The summed E-state index contributed by atoms with van der Waals surface area (Å²) in [4.78, 5) is 26.8. The van der Waals surface area contributed by atoms with Crippen molar-refractivity contribution in [2.75, 3.05) is 0 Å². The summed E-state index contributed by atoms with van der Waals surface area (Å²) in [6.45, 7) is 4.56. The van der Waals surface area contributed by atoms with Crippen LogP contribution in [0.5, 0.6) is 0 Å². The minimum Gasteiger partial charge on any atom is -0.350 e. The van der Waals surface area contributed by atoms with Crippen molar-refractivity contribution in [3.8, 4) is 0 Å². The molecule has 0 spiro atoms. The number of carbonyl (C=O) groups excluding carboxylic acids is 2. The third-order valence-corrected chi connectivity index (χ3v) is 4.46. The van der Waals surface area contributed by atoms with E-state index in [0.717, 1.165) is 17.5 Å². The third kappa shape index (κ3) is 5.88. The molecular weight excluding hydrogens is 348 g/mol. The number of nitrogens with one attached hydrogen (secondary N) is 1. The highest BCUT2D eigenvalue weighted by Gasteiger charge is 2.25. The minimum atomic E-state index is -0.540. The number of hydrogen-bond acceptors (Lipinski definition) is 2. The van der Waals surface area contributed by atoms with Crippen LogP contribution in [-0.2, 0) is 22.7 Å². The average Bonchev–Trinajstić information content (AvgIpc) is 2.66. The summed E-state index contributed by atoms with van der Waals surface area (Å²) in [5, 5.41) is 3.57. The van der Waals surface area contributed by atoms with Crippen LogP contribution in [0.1, 0.15) is 37.8 Å². The second kappa shape index (κ2) is 9.97. The molecule has 0 aliphatic carbocycles. The molecule has 0 bridgehead atoms. The van der Waals surface area contributed by atoms with Gasteiger partial charge in [0.2, 0.25) is 11.8 Å². The molecule has 0 radical (unpaired) electrons. The van der Waals surface area contributed by atoms with E-state index in [9.17, 15) is 9.59 Å². The Labute approximate surface area is 160 Å². The standard InChI is InChI=1S/C21H25ClN2O2/c1-3-7-20(25)24(15-18-8-5-4-6-9-18)16(2)21(26)23-14-17-10-12-19(22)13-11-17/h4-6,8-13,16H,3,7,14-15H2,1-2H3,(H,23,26)/t16-/m0/s1. The van der Waals surface area contributed by atoms with Gasteiger partial charge in [0, 0.05) is 24.5 Å². The maximum absolute atomic E-state index is 12.6. The van der Waals surface area contributed by atoms with Gasteiger partial charge in [-0.05, 0) is 36.6 Å². The van der Waals surface area contributed by atoms with Crippen molar-refractivity contribution < 1.29 is 9.59 Å². The van der Waals surface area contributed by atoms with E-state index in [1.165, 1.54) is 0 Å². The maximum Gasteiger partial charge on any atom is 0.242 e. The average molecular weight is 373 g/mol. The second-order valence-electron chi connectivity index (χ2n) is 6.28. The summed E-state index contributed by atoms with van der Waals surface area (Å²) in [5.41, 5.74) is 1.97. The Balaban J connectivity index is 2.03. The Morgan fingerprint density at radius 1 is 1.04 bits per heavy atom. The van der Waals surface area contributed by atoms with Crippen molar-refractivity contribution in [2.45, 2.75) is 45.8 Å². The molecule has 138 valence electrons. The van der Waals surface area contributed by atoms with E-state index in [1.807, 2.05) is 49.4 Å². The van der Waals surface area contributed by atoms with Gasteiger partial charge in [-0.25, -0.2) is 0 Å². The number of halogens is 1. The van der Waals surface area contributed by atoms with E-state index >= 15 is 0 Å². The van der Waals surface area contributed by atoms with Crippen molar-refractivity contribution in [1.29, 1.82) is 0 Å². The maximum atomic E-state index is 12.6. The van der Waals surface area contributed by atoms with E-state index in [4.69, 9.17) is 11.6 Å². The van der Waals surface area contributed by atoms with Gasteiger partial charge in [0.25, 0.3) is 0 Å². The second-order valence-corrected chi connectivity index (χ2v) is 6.71. The zero-order valence-corrected chi connectivity index (χ0v) is 16.0. The fraction of sp³-hybridized carbons (Fsp3) is 0.333. The Kier molecular flexibility index (Phi) is 7.67. The number of nitrogens with zero attached hydrogens (tertiary/aromatic N) is 1. The summed E-state index contributed by atoms with van der Waals surface area (Å²) in [6, 6.07) is 16.5. The molecule has 0 aliphatic heterocycles. The Morgan fingerprint density at radius 2 is 1.69 bits per heavy atom. The fourth-order valence-corrected chi connectivity index (χ4v) is 2.79. The Hall–Kier alpha value is -2.33. The van der Waals surface area contributed by atoms with Crippen LogP contribution in [-0.4, -0.2) is 22.8 Å². The SMILES string of the molecule is CCCC(=O)N(Cc1ccccc1)[C@@H](C)C(=O)NCc1ccc(Cl)cc1. The predicted molar refractivity (Wildman–Crippen MR) is 105 cm³/mol. The van der Waals surface area contributed by atoms with Crippen molar-refractivity contribution in [3.05, 3.63) is 70.7 Å². The lowest BCUT2D eigenvalue weighted by molar-refractivity contribution is -0.140. The quantitative estimate of drug-likeness (QED) is 0.755. The largest absolute Gasteiger partial charge is 0.350 e. The molecule has 0 saturated heterocycles. The van der Waals surface area contributed by atoms with Gasteiger partial charge in [-0.2, -0.15) is 0 Å².